The molecule has 20 heavy (non-hydrogen) atoms. The number of rotatable bonds is 4. The van der Waals surface area contributed by atoms with Crippen molar-refractivity contribution >= 4 is 17.3 Å². The van der Waals surface area contributed by atoms with Crippen LogP contribution in [0.2, 0.25) is 5.02 Å². The minimum Gasteiger partial charge on any atom is -0.389 e. The summed E-state index contributed by atoms with van der Waals surface area (Å²) in [4.78, 5) is 2.41. The molecule has 112 valence electrons. The first-order valence-corrected chi connectivity index (χ1v) is 8.22. The highest BCUT2D eigenvalue weighted by Gasteiger charge is 2.18. The Morgan fingerprint density at radius 2 is 2.15 bits per heavy atom. The van der Waals surface area contributed by atoms with E-state index < -0.39 is 6.10 Å². The summed E-state index contributed by atoms with van der Waals surface area (Å²) < 4.78 is 0. The van der Waals surface area contributed by atoms with E-state index in [1.807, 2.05) is 12.1 Å². The molecule has 1 fully saturated rings. The van der Waals surface area contributed by atoms with Gasteiger partial charge in [-0.15, -0.1) is 0 Å². The van der Waals surface area contributed by atoms with E-state index in [1.54, 1.807) is 6.92 Å². The molecular weight excluding hydrogens is 270 g/mol. The van der Waals surface area contributed by atoms with Crippen molar-refractivity contribution in [2.75, 3.05) is 18.0 Å². The lowest BCUT2D eigenvalue weighted by atomic mass is 9.96. The van der Waals surface area contributed by atoms with Crippen molar-refractivity contribution in [2.24, 2.45) is 5.92 Å². The van der Waals surface area contributed by atoms with Gasteiger partial charge in [-0.05, 0) is 49.8 Å². The molecule has 0 aliphatic carbocycles. The predicted octanol–water partition coefficient (Wildman–Crippen LogP) is 4.80. The maximum atomic E-state index is 9.62. The monoisotopic (exact) mass is 295 g/mol. The highest BCUT2D eigenvalue weighted by Crippen LogP contribution is 2.32. The van der Waals surface area contributed by atoms with Crippen LogP contribution < -0.4 is 4.90 Å². The summed E-state index contributed by atoms with van der Waals surface area (Å²) in [6.45, 7) is 6.23. The molecule has 2 nitrogen and oxygen atoms in total. The number of nitrogens with zero attached hydrogens (tertiary/aromatic N) is 1. The maximum absolute atomic E-state index is 9.62. The molecule has 0 radical (unpaired) electrons. The van der Waals surface area contributed by atoms with Crippen LogP contribution in [-0.2, 0) is 0 Å². The van der Waals surface area contributed by atoms with Crippen molar-refractivity contribution in [1.82, 2.24) is 0 Å². The molecule has 1 heterocycles. The summed E-state index contributed by atoms with van der Waals surface area (Å²) in [6.07, 6.45) is 6.03. The molecule has 1 saturated heterocycles. The quantitative estimate of drug-likeness (QED) is 0.862. The fourth-order valence-corrected chi connectivity index (χ4v) is 3.45. The molecule has 0 spiro atoms. The van der Waals surface area contributed by atoms with Crippen molar-refractivity contribution in [3.63, 3.8) is 0 Å². The van der Waals surface area contributed by atoms with Gasteiger partial charge >= 0.3 is 0 Å². The van der Waals surface area contributed by atoms with Gasteiger partial charge in [-0.2, -0.15) is 0 Å². The number of benzene rings is 1. The highest BCUT2D eigenvalue weighted by molar-refractivity contribution is 6.33. The summed E-state index contributed by atoms with van der Waals surface area (Å²) in [7, 11) is 0. The van der Waals surface area contributed by atoms with Crippen LogP contribution in [0.1, 0.15) is 57.6 Å². The zero-order chi connectivity index (χ0) is 14.5. The molecule has 3 heteroatoms. The minimum absolute atomic E-state index is 0.459. The van der Waals surface area contributed by atoms with E-state index in [1.165, 1.54) is 32.1 Å². The van der Waals surface area contributed by atoms with Crippen molar-refractivity contribution in [3.05, 3.63) is 28.8 Å². The highest BCUT2D eigenvalue weighted by atomic mass is 35.5. The summed E-state index contributed by atoms with van der Waals surface area (Å²) >= 11 is 6.40. The maximum Gasteiger partial charge on any atom is 0.0762 e. The second-order valence-corrected chi connectivity index (χ2v) is 6.37. The number of aliphatic hydroxyl groups is 1. The van der Waals surface area contributed by atoms with E-state index in [4.69, 9.17) is 11.6 Å². The molecule has 1 N–H and O–H groups in total. The Hall–Kier alpha value is -0.730. The Bertz CT molecular complexity index is 433. The third-order valence-corrected chi connectivity index (χ3v) is 4.64. The molecule has 0 amide bonds. The number of hydrogen-bond donors (Lipinski definition) is 1. The molecule has 0 aromatic heterocycles. The molecule has 1 aliphatic rings. The normalized spacial score (nSPS) is 21.6. The lowest BCUT2D eigenvalue weighted by Gasteiger charge is -2.24. The van der Waals surface area contributed by atoms with E-state index in [2.05, 4.69) is 17.9 Å². The second-order valence-electron chi connectivity index (χ2n) is 5.96. The lowest BCUT2D eigenvalue weighted by Crippen LogP contribution is -2.24. The van der Waals surface area contributed by atoms with Crippen molar-refractivity contribution in [1.29, 1.82) is 0 Å². The first kappa shape index (κ1) is 15.7. The first-order chi connectivity index (χ1) is 9.61. The van der Waals surface area contributed by atoms with Crippen molar-refractivity contribution in [2.45, 2.75) is 52.1 Å². The van der Waals surface area contributed by atoms with Gasteiger partial charge in [0.25, 0.3) is 0 Å². The molecular formula is C17H26ClNO. The minimum atomic E-state index is -0.459. The van der Waals surface area contributed by atoms with Gasteiger partial charge in [0.05, 0.1) is 16.8 Å². The Balaban J connectivity index is 2.07. The Morgan fingerprint density at radius 1 is 1.35 bits per heavy atom. The fraction of sp³-hybridized carbons (Fsp3) is 0.647. The second kappa shape index (κ2) is 7.33. The van der Waals surface area contributed by atoms with Gasteiger partial charge < -0.3 is 10.0 Å². The van der Waals surface area contributed by atoms with Crippen LogP contribution in [0.15, 0.2) is 18.2 Å². The molecule has 2 unspecified atom stereocenters. The number of hydrogen-bond acceptors (Lipinski definition) is 2. The summed E-state index contributed by atoms with van der Waals surface area (Å²) in [5.74, 6) is 0.875. The van der Waals surface area contributed by atoms with Crippen LogP contribution in [0.5, 0.6) is 0 Å². The number of halogens is 1. The van der Waals surface area contributed by atoms with Crippen molar-refractivity contribution < 1.29 is 5.11 Å². The smallest absolute Gasteiger partial charge is 0.0762 e. The third kappa shape index (κ3) is 3.89. The Kier molecular flexibility index (Phi) is 5.74. The van der Waals surface area contributed by atoms with E-state index in [0.717, 1.165) is 35.3 Å². The summed E-state index contributed by atoms with van der Waals surface area (Å²) in [5.41, 5.74) is 2.01. The first-order valence-electron chi connectivity index (χ1n) is 7.84. The van der Waals surface area contributed by atoms with Gasteiger partial charge in [0, 0.05) is 13.1 Å². The molecule has 2 rings (SSSR count). The van der Waals surface area contributed by atoms with Gasteiger partial charge in [-0.1, -0.05) is 37.4 Å². The van der Waals surface area contributed by atoms with Crippen LogP contribution >= 0.6 is 11.6 Å². The fourth-order valence-electron chi connectivity index (χ4n) is 3.14. The summed E-state index contributed by atoms with van der Waals surface area (Å²) in [6, 6.07) is 5.95. The SMILES string of the molecule is CCCC1CCCN(c2ccc(C(C)O)cc2Cl)CC1. The van der Waals surface area contributed by atoms with Crippen LogP contribution in [0.3, 0.4) is 0 Å². The number of anilines is 1. The van der Waals surface area contributed by atoms with E-state index >= 15 is 0 Å². The Morgan fingerprint density at radius 3 is 2.80 bits per heavy atom. The van der Waals surface area contributed by atoms with Gasteiger partial charge in [0.1, 0.15) is 0 Å². The van der Waals surface area contributed by atoms with E-state index in [9.17, 15) is 5.11 Å². The van der Waals surface area contributed by atoms with E-state index in [0.29, 0.717) is 0 Å². The Labute approximate surface area is 127 Å². The van der Waals surface area contributed by atoms with Gasteiger partial charge in [0.15, 0.2) is 0 Å². The average Bonchev–Trinajstić information content (AvgIpc) is 2.65. The van der Waals surface area contributed by atoms with Gasteiger partial charge in [0.2, 0.25) is 0 Å². The molecule has 2 atom stereocenters. The lowest BCUT2D eigenvalue weighted by molar-refractivity contribution is 0.199. The van der Waals surface area contributed by atoms with Crippen LogP contribution in [0, 0.1) is 5.92 Å². The van der Waals surface area contributed by atoms with Crippen LogP contribution in [0.4, 0.5) is 5.69 Å². The molecule has 1 aromatic carbocycles. The topological polar surface area (TPSA) is 23.5 Å². The molecule has 0 bridgehead atoms. The zero-order valence-electron chi connectivity index (χ0n) is 12.6. The standard InChI is InChI=1S/C17H26ClNO/c1-3-5-14-6-4-10-19(11-9-14)17-8-7-15(13(2)20)12-16(17)18/h7-8,12-14,20H,3-6,9-11H2,1-2H3. The zero-order valence-corrected chi connectivity index (χ0v) is 13.4. The van der Waals surface area contributed by atoms with Crippen LogP contribution in [0.25, 0.3) is 0 Å². The number of aliphatic hydroxyl groups excluding tert-OH is 1. The van der Waals surface area contributed by atoms with Crippen molar-refractivity contribution in [3.8, 4) is 0 Å². The van der Waals surface area contributed by atoms with Gasteiger partial charge in [-0.25, -0.2) is 0 Å². The summed E-state index contributed by atoms with van der Waals surface area (Å²) in [5, 5.41) is 10.4. The predicted molar refractivity (Wildman–Crippen MR) is 86.5 cm³/mol. The molecule has 0 saturated carbocycles. The van der Waals surface area contributed by atoms with Gasteiger partial charge in [-0.3, -0.25) is 0 Å². The third-order valence-electron chi connectivity index (χ3n) is 4.34. The molecule has 1 aliphatic heterocycles. The molecule has 1 aromatic rings. The van der Waals surface area contributed by atoms with Crippen LogP contribution in [-0.4, -0.2) is 18.2 Å². The largest absolute Gasteiger partial charge is 0.389 e. The average molecular weight is 296 g/mol. The van der Waals surface area contributed by atoms with E-state index in [-0.39, 0.29) is 0 Å².